The molecular formula is C25H17F4N3O3. The number of benzene rings is 3. The Morgan fingerprint density at radius 2 is 1.69 bits per heavy atom. The second kappa shape index (κ2) is 8.95. The number of nitrogens with zero attached hydrogens (tertiary/aromatic N) is 3. The Morgan fingerprint density at radius 3 is 2.37 bits per heavy atom. The molecular weight excluding hydrogens is 466 g/mol. The minimum atomic E-state index is -2.93. The molecule has 3 aromatic carbocycles. The third-order valence-electron chi connectivity index (χ3n) is 5.85. The van der Waals surface area contributed by atoms with Crippen molar-refractivity contribution in [2.24, 2.45) is 0 Å². The predicted molar refractivity (Wildman–Crippen MR) is 115 cm³/mol. The first-order chi connectivity index (χ1) is 16.8. The van der Waals surface area contributed by atoms with Crippen LogP contribution < -0.4 is 0 Å². The van der Waals surface area contributed by atoms with Gasteiger partial charge in [0, 0.05) is 17.7 Å². The molecule has 0 saturated carbocycles. The molecule has 0 saturated heterocycles. The number of carbonyl (C=O) groups excluding carboxylic acids is 1. The summed E-state index contributed by atoms with van der Waals surface area (Å²) >= 11 is 0. The first-order valence-corrected chi connectivity index (χ1v) is 10.6. The lowest BCUT2D eigenvalue weighted by Gasteiger charge is -2.32. The normalized spacial score (nSPS) is 14.9. The lowest BCUT2D eigenvalue weighted by atomic mass is 9.94. The highest BCUT2D eigenvalue weighted by Crippen LogP contribution is 2.40. The van der Waals surface area contributed by atoms with E-state index >= 15 is 0 Å². The van der Waals surface area contributed by atoms with E-state index < -0.39 is 42.0 Å². The maximum absolute atomic E-state index is 13.9. The number of alkyl halides is 2. The zero-order valence-corrected chi connectivity index (χ0v) is 17.9. The van der Waals surface area contributed by atoms with E-state index in [9.17, 15) is 27.5 Å². The van der Waals surface area contributed by atoms with Crippen LogP contribution in [0.25, 0.3) is 11.5 Å². The van der Waals surface area contributed by atoms with Crippen molar-refractivity contribution in [3.05, 3.63) is 107 Å². The zero-order valence-electron chi connectivity index (χ0n) is 17.9. The van der Waals surface area contributed by atoms with Crippen molar-refractivity contribution in [2.45, 2.75) is 25.1 Å². The lowest BCUT2D eigenvalue weighted by Crippen LogP contribution is -2.33. The van der Waals surface area contributed by atoms with E-state index in [1.54, 1.807) is 12.1 Å². The predicted octanol–water partition coefficient (Wildman–Crippen LogP) is 5.38. The van der Waals surface area contributed by atoms with Gasteiger partial charge in [-0.25, -0.2) is 8.78 Å². The Balaban J connectivity index is 1.52. The summed E-state index contributed by atoms with van der Waals surface area (Å²) in [6.07, 6.45) is -4.25. The number of rotatable bonds is 6. The zero-order chi connectivity index (χ0) is 24.7. The van der Waals surface area contributed by atoms with E-state index in [-0.39, 0.29) is 29.1 Å². The van der Waals surface area contributed by atoms with Crippen molar-refractivity contribution in [3.8, 4) is 11.5 Å². The topological polar surface area (TPSA) is 79.5 Å². The molecule has 0 fully saturated rings. The number of aliphatic hydroxyl groups excluding tert-OH is 1. The highest BCUT2D eigenvalue weighted by Gasteiger charge is 2.38. The molecule has 6 nitrogen and oxygen atoms in total. The fourth-order valence-electron chi connectivity index (χ4n) is 4.19. The maximum atomic E-state index is 13.9. The van der Waals surface area contributed by atoms with Gasteiger partial charge in [-0.05, 0) is 53.1 Å². The monoisotopic (exact) mass is 483 g/mol. The number of aromatic nitrogens is 2. The van der Waals surface area contributed by atoms with Gasteiger partial charge in [0.2, 0.25) is 5.89 Å². The van der Waals surface area contributed by atoms with Gasteiger partial charge in [-0.1, -0.05) is 30.3 Å². The Labute approximate surface area is 196 Å². The molecule has 1 aliphatic rings. The van der Waals surface area contributed by atoms with Crippen molar-refractivity contribution in [1.82, 2.24) is 15.1 Å². The molecule has 5 rings (SSSR count). The van der Waals surface area contributed by atoms with Crippen LogP contribution in [0.15, 0.2) is 71.1 Å². The van der Waals surface area contributed by atoms with Gasteiger partial charge in [0.05, 0.1) is 6.04 Å². The third kappa shape index (κ3) is 4.28. The molecule has 0 spiro atoms. The number of amides is 1. The van der Waals surface area contributed by atoms with Gasteiger partial charge in [0.15, 0.2) is 0 Å². The molecule has 0 radical (unpaired) electrons. The minimum Gasteiger partial charge on any atom is -0.415 e. The molecule has 10 heteroatoms. The van der Waals surface area contributed by atoms with Gasteiger partial charge in [0.1, 0.15) is 17.7 Å². The van der Waals surface area contributed by atoms with E-state index in [1.807, 2.05) is 0 Å². The summed E-state index contributed by atoms with van der Waals surface area (Å²) in [4.78, 5) is 14.9. The van der Waals surface area contributed by atoms with Gasteiger partial charge in [-0.15, -0.1) is 10.2 Å². The van der Waals surface area contributed by atoms with Crippen LogP contribution in [-0.2, 0) is 6.54 Å². The summed E-state index contributed by atoms with van der Waals surface area (Å²) in [5, 5.41) is 18.1. The minimum absolute atomic E-state index is 0.106. The van der Waals surface area contributed by atoms with Crippen LogP contribution in [0, 0.1) is 11.6 Å². The molecule has 0 aliphatic carbocycles. The van der Waals surface area contributed by atoms with Crippen molar-refractivity contribution in [1.29, 1.82) is 0 Å². The van der Waals surface area contributed by atoms with Crippen LogP contribution in [0.4, 0.5) is 17.6 Å². The van der Waals surface area contributed by atoms with Crippen LogP contribution in [0.5, 0.6) is 0 Å². The fourth-order valence-corrected chi connectivity index (χ4v) is 4.19. The smallest absolute Gasteiger partial charge is 0.314 e. The SMILES string of the molecule is O=C1c2cc(-c3nnc(C(F)F)o3)ccc2CN1[C@H](c1ccc(F)cc1)[C@@H](O)c1cccc(F)c1. The Hall–Kier alpha value is -4.05. The first kappa shape index (κ1) is 22.7. The molecule has 1 amide bonds. The summed E-state index contributed by atoms with van der Waals surface area (Å²) < 4.78 is 58.1. The molecule has 0 bridgehead atoms. The van der Waals surface area contributed by atoms with Gasteiger partial charge in [-0.2, -0.15) is 8.78 Å². The van der Waals surface area contributed by atoms with E-state index in [2.05, 4.69) is 10.2 Å². The average molecular weight is 483 g/mol. The van der Waals surface area contributed by atoms with Crippen molar-refractivity contribution in [3.63, 3.8) is 0 Å². The highest BCUT2D eigenvalue weighted by atomic mass is 19.3. The van der Waals surface area contributed by atoms with Gasteiger partial charge < -0.3 is 14.4 Å². The molecule has 1 aliphatic heterocycles. The van der Waals surface area contributed by atoms with Crippen LogP contribution in [0.1, 0.15) is 51.5 Å². The summed E-state index contributed by atoms with van der Waals surface area (Å²) in [7, 11) is 0. The molecule has 1 aromatic heterocycles. The fraction of sp³-hybridized carbons (Fsp3) is 0.160. The van der Waals surface area contributed by atoms with Crippen molar-refractivity contribution >= 4 is 5.91 Å². The second-order valence-corrected chi connectivity index (χ2v) is 8.05. The van der Waals surface area contributed by atoms with Crippen LogP contribution >= 0.6 is 0 Å². The summed E-state index contributed by atoms with van der Waals surface area (Å²) in [5.74, 6) is -2.49. The molecule has 0 unspecified atom stereocenters. The Morgan fingerprint density at radius 1 is 0.914 bits per heavy atom. The van der Waals surface area contributed by atoms with E-state index in [0.29, 0.717) is 11.1 Å². The summed E-state index contributed by atoms with van der Waals surface area (Å²) in [6, 6.07) is 14.4. The number of hydrogen-bond acceptors (Lipinski definition) is 5. The highest BCUT2D eigenvalue weighted by molar-refractivity contribution is 5.99. The van der Waals surface area contributed by atoms with Crippen LogP contribution in [0.2, 0.25) is 0 Å². The quantitative estimate of drug-likeness (QED) is 0.373. The molecule has 1 N–H and O–H groups in total. The van der Waals surface area contributed by atoms with E-state index in [0.717, 1.165) is 0 Å². The van der Waals surface area contributed by atoms with Crippen LogP contribution in [-0.4, -0.2) is 26.1 Å². The Bertz CT molecular complexity index is 1390. The van der Waals surface area contributed by atoms with Crippen molar-refractivity contribution in [2.75, 3.05) is 0 Å². The summed E-state index contributed by atoms with van der Waals surface area (Å²) in [5.41, 5.74) is 1.85. The standard InChI is InChI=1S/C25H17F4N3O3/c26-17-8-6-13(7-9-17)20(21(33)14-2-1-3-18(27)10-14)32-12-16-5-4-15(11-19(16)25(32)34)23-30-31-24(35-23)22(28)29/h1-11,20-22,33H,12H2/t20-,21+/m1/s1. The summed E-state index contributed by atoms with van der Waals surface area (Å²) in [6.45, 7) is 0.106. The number of hydrogen-bond donors (Lipinski definition) is 1. The first-order valence-electron chi connectivity index (χ1n) is 10.6. The molecule has 2 heterocycles. The molecule has 2 atom stereocenters. The molecule has 35 heavy (non-hydrogen) atoms. The number of halogens is 4. The lowest BCUT2D eigenvalue weighted by molar-refractivity contribution is 0.0359. The molecule has 178 valence electrons. The van der Waals surface area contributed by atoms with Gasteiger partial charge in [0.25, 0.3) is 11.8 Å². The van der Waals surface area contributed by atoms with E-state index in [1.165, 1.54) is 59.5 Å². The largest absolute Gasteiger partial charge is 0.415 e. The number of carbonyl (C=O) groups is 1. The number of aliphatic hydroxyl groups is 1. The second-order valence-electron chi connectivity index (χ2n) is 8.05. The maximum Gasteiger partial charge on any atom is 0.314 e. The van der Waals surface area contributed by atoms with Gasteiger partial charge >= 0.3 is 6.43 Å². The van der Waals surface area contributed by atoms with Crippen molar-refractivity contribution < 1.29 is 31.9 Å². The van der Waals surface area contributed by atoms with Gasteiger partial charge in [-0.3, -0.25) is 4.79 Å². The third-order valence-corrected chi connectivity index (χ3v) is 5.85. The van der Waals surface area contributed by atoms with E-state index in [4.69, 9.17) is 4.42 Å². The van der Waals surface area contributed by atoms with Crippen LogP contribution in [0.3, 0.4) is 0 Å². The molecule has 4 aromatic rings. The average Bonchev–Trinajstić information content (AvgIpc) is 3.46. The number of fused-ring (bicyclic) bond motifs is 1. The Kier molecular flexibility index (Phi) is 5.81.